The molecule has 2 aromatic carbocycles. The van der Waals surface area contributed by atoms with E-state index in [2.05, 4.69) is 10.3 Å². The molecule has 2 N–H and O–H groups in total. The summed E-state index contributed by atoms with van der Waals surface area (Å²) in [5, 5.41) is 15.7. The number of benzene rings is 2. The van der Waals surface area contributed by atoms with Crippen molar-refractivity contribution in [2.24, 2.45) is 0 Å². The number of rotatable bonds is 8. The molecule has 0 aliphatic rings. The Balaban J connectivity index is 0.00000243. The van der Waals surface area contributed by atoms with Gasteiger partial charge in [-0.2, -0.15) is 0 Å². The number of hydrogen-bond acceptors (Lipinski definition) is 4. The minimum Gasteiger partial charge on any atom is -0.548 e. The molecule has 5 nitrogen and oxygen atoms in total. The second-order valence-corrected chi connectivity index (χ2v) is 5.90. The van der Waals surface area contributed by atoms with Gasteiger partial charge in [-0.05, 0) is 42.7 Å². The Hall–Kier alpha value is -1.79. The number of H-pyrrole nitrogens is 1. The summed E-state index contributed by atoms with van der Waals surface area (Å²) in [6.45, 7) is 2.96. The summed E-state index contributed by atoms with van der Waals surface area (Å²) in [4.78, 5) is 14.7. The number of hydrogen-bond donors (Lipinski definition) is 2. The van der Waals surface area contributed by atoms with Crippen LogP contribution >= 0.6 is 0 Å². The fourth-order valence-corrected chi connectivity index (χ4v) is 2.91. The minimum absolute atomic E-state index is 0. The number of aliphatic carboxylic acids is 1. The van der Waals surface area contributed by atoms with Gasteiger partial charge in [-0.1, -0.05) is 30.3 Å². The zero-order chi connectivity index (χ0) is 17.6. The maximum absolute atomic E-state index is 11.5. The largest absolute Gasteiger partial charge is 1.00 e. The van der Waals surface area contributed by atoms with Crippen LogP contribution in [0, 0.1) is 0 Å². The third-order valence-electron chi connectivity index (χ3n) is 4.15. The van der Waals surface area contributed by atoms with Crippen LogP contribution in [0.15, 0.2) is 54.7 Å². The predicted molar refractivity (Wildman–Crippen MR) is 95.2 cm³/mol. The summed E-state index contributed by atoms with van der Waals surface area (Å²) in [5.74, 6) is -0.324. The first-order chi connectivity index (χ1) is 12.2. The van der Waals surface area contributed by atoms with Crippen molar-refractivity contribution in [3.8, 4) is 5.75 Å². The van der Waals surface area contributed by atoms with Gasteiger partial charge in [0.15, 0.2) is 0 Å². The maximum Gasteiger partial charge on any atom is 1.00 e. The van der Waals surface area contributed by atoms with Gasteiger partial charge in [0.25, 0.3) is 0 Å². The molecule has 1 heterocycles. The van der Waals surface area contributed by atoms with E-state index in [9.17, 15) is 9.90 Å². The van der Waals surface area contributed by atoms with Crippen LogP contribution in [-0.2, 0) is 17.8 Å². The smallest absolute Gasteiger partial charge is 0.548 e. The van der Waals surface area contributed by atoms with Crippen LogP contribution in [0.25, 0.3) is 10.9 Å². The molecule has 0 fully saturated rings. The van der Waals surface area contributed by atoms with Crippen molar-refractivity contribution in [3.63, 3.8) is 0 Å². The second kappa shape index (κ2) is 9.78. The Morgan fingerprint density at radius 1 is 1.23 bits per heavy atom. The number of carbonyl (C=O) groups is 1. The third kappa shape index (κ3) is 5.11. The maximum atomic E-state index is 11.5. The number of nitrogens with one attached hydrogen (secondary N) is 2. The van der Waals surface area contributed by atoms with Crippen LogP contribution < -0.4 is 44.7 Å². The molecule has 130 valence electrons. The average Bonchev–Trinajstić information content (AvgIpc) is 3.02. The monoisotopic (exact) mass is 360 g/mol. The van der Waals surface area contributed by atoms with Gasteiger partial charge in [-0.25, -0.2) is 0 Å². The number of aromatic nitrogens is 1. The molecule has 3 aromatic rings. The molecule has 0 amide bonds. The van der Waals surface area contributed by atoms with Crippen LogP contribution in [0.2, 0.25) is 0 Å². The summed E-state index contributed by atoms with van der Waals surface area (Å²) >= 11 is 0. The second-order valence-electron chi connectivity index (χ2n) is 5.90. The van der Waals surface area contributed by atoms with E-state index in [1.54, 1.807) is 0 Å². The van der Waals surface area contributed by atoms with Gasteiger partial charge in [0.2, 0.25) is 0 Å². The number of aromatic amines is 1. The molecule has 0 spiro atoms. The van der Waals surface area contributed by atoms with Gasteiger partial charge in [0.05, 0.1) is 18.6 Å². The average molecular weight is 360 g/mol. The van der Waals surface area contributed by atoms with E-state index < -0.39 is 12.0 Å². The van der Waals surface area contributed by atoms with Gasteiger partial charge in [-0.15, -0.1) is 0 Å². The van der Waals surface area contributed by atoms with E-state index in [4.69, 9.17) is 4.74 Å². The number of carbonyl (C=O) groups excluding carboxylic acids is 1. The van der Waals surface area contributed by atoms with Gasteiger partial charge in [0, 0.05) is 23.6 Å². The van der Waals surface area contributed by atoms with Crippen molar-refractivity contribution in [1.82, 2.24) is 10.3 Å². The summed E-state index contributed by atoms with van der Waals surface area (Å²) < 4.78 is 5.47. The first kappa shape index (κ1) is 20.5. The summed E-state index contributed by atoms with van der Waals surface area (Å²) in [6.07, 6.45) is 2.22. The topological polar surface area (TPSA) is 77.2 Å². The first-order valence-electron chi connectivity index (χ1n) is 8.38. The van der Waals surface area contributed by atoms with Crippen molar-refractivity contribution in [1.29, 1.82) is 0 Å². The van der Waals surface area contributed by atoms with Crippen LogP contribution in [0.4, 0.5) is 0 Å². The van der Waals surface area contributed by atoms with Crippen LogP contribution in [0.1, 0.15) is 18.1 Å². The zero-order valence-electron chi connectivity index (χ0n) is 15.1. The molecule has 3 rings (SSSR count). The van der Waals surface area contributed by atoms with E-state index in [0.29, 0.717) is 19.6 Å². The summed E-state index contributed by atoms with van der Waals surface area (Å²) in [5.41, 5.74) is 2.93. The van der Waals surface area contributed by atoms with Crippen molar-refractivity contribution < 1.29 is 44.2 Å². The summed E-state index contributed by atoms with van der Waals surface area (Å²) in [7, 11) is 0. The minimum atomic E-state index is -1.11. The van der Waals surface area contributed by atoms with Crippen molar-refractivity contribution in [3.05, 3.63) is 65.9 Å². The molecule has 6 heteroatoms. The fraction of sp³-hybridized carbons (Fsp3) is 0.250. The SMILES string of the molecule is CCOc1cccc(CN[C@H](Cc2c[nH]c3ccccc23)C(=O)[O-])c1.[Na+]. The van der Waals surface area contributed by atoms with E-state index in [0.717, 1.165) is 27.8 Å². The molecule has 0 aliphatic heterocycles. The van der Waals surface area contributed by atoms with Gasteiger partial charge in [0.1, 0.15) is 5.75 Å². The number of ether oxygens (including phenoxy) is 1. The Kier molecular flexibility index (Phi) is 7.72. The first-order valence-corrected chi connectivity index (χ1v) is 8.38. The Morgan fingerprint density at radius 3 is 2.81 bits per heavy atom. The van der Waals surface area contributed by atoms with E-state index in [1.807, 2.05) is 61.7 Å². The number of fused-ring (bicyclic) bond motifs is 1. The molecule has 1 aromatic heterocycles. The molecule has 26 heavy (non-hydrogen) atoms. The molecular formula is C20H21N2NaO3. The van der Waals surface area contributed by atoms with Crippen LogP contribution in [0.3, 0.4) is 0 Å². The number of carboxylic acids is 1. The number of para-hydroxylation sites is 1. The molecule has 0 bridgehead atoms. The molecule has 1 atom stereocenters. The Bertz CT molecular complexity index is 863. The normalized spacial score (nSPS) is 11.7. The Morgan fingerprint density at radius 2 is 2.04 bits per heavy atom. The quantitative estimate of drug-likeness (QED) is 0.507. The fourth-order valence-electron chi connectivity index (χ4n) is 2.91. The van der Waals surface area contributed by atoms with E-state index >= 15 is 0 Å². The van der Waals surface area contributed by atoms with Gasteiger partial charge < -0.3 is 24.9 Å². The van der Waals surface area contributed by atoms with Crippen molar-refractivity contribution >= 4 is 16.9 Å². The van der Waals surface area contributed by atoms with Gasteiger partial charge in [-0.3, -0.25) is 0 Å². The van der Waals surface area contributed by atoms with Crippen LogP contribution in [0.5, 0.6) is 5.75 Å². The molecule has 0 radical (unpaired) electrons. The van der Waals surface area contributed by atoms with Crippen molar-refractivity contribution in [2.75, 3.05) is 6.61 Å². The molecule has 0 unspecified atom stereocenters. The van der Waals surface area contributed by atoms with E-state index in [-0.39, 0.29) is 29.6 Å². The number of carboxylic acid groups (broad SMARTS) is 1. The summed E-state index contributed by atoms with van der Waals surface area (Å²) in [6, 6.07) is 14.7. The van der Waals surface area contributed by atoms with Crippen LogP contribution in [-0.4, -0.2) is 23.6 Å². The zero-order valence-corrected chi connectivity index (χ0v) is 17.1. The molecular weight excluding hydrogens is 339 g/mol. The third-order valence-corrected chi connectivity index (χ3v) is 4.15. The molecule has 0 saturated carbocycles. The Labute approximate surface area is 175 Å². The molecule has 0 aliphatic carbocycles. The van der Waals surface area contributed by atoms with E-state index in [1.165, 1.54) is 0 Å². The standard InChI is InChI=1S/C20H22N2O3.Na/c1-2-25-16-7-5-6-14(10-16)12-21-19(20(23)24)11-15-13-22-18-9-4-3-8-17(15)18;/h3-10,13,19,21-22H,2,11-12H2,1H3,(H,23,24);/q;+1/p-1/t19-;/m1./s1. The molecule has 0 saturated heterocycles. The van der Waals surface area contributed by atoms with Crippen molar-refractivity contribution in [2.45, 2.75) is 25.9 Å². The predicted octanol–water partition coefficient (Wildman–Crippen LogP) is -0.979. The van der Waals surface area contributed by atoms with Gasteiger partial charge >= 0.3 is 29.6 Å².